The van der Waals surface area contributed by atoms with Gasteiger partial charge in [-0.05, 0) is 54.7 Å². The first-order chi connectivity index (χ1) is 17.0. The van der Waals surface area contributed by atoms with Crippen LogP contribution in [0.4, 0.5) is 5.69 Å². The van der Waals surface area contributed by atoms with E-state index in [0.29, 0.717) is 25.1 Å². The van der Waals surface area contributed by atoms with Crippen LogP contribution >= 0.6 is 11.6 Å². The van der Waals surface area contributed by atoms with E-state index in [2.05, 4.69) is 28.0 Å². The van der Waals surface area contributed by atoms with E-state index >= 15 is 0 Å². The van der Waals surface area contributed by atoms with Gasteiger partial charge in [0.25, 0.3) is 5.91 Å². The third-order valence-electron chi connectivity index (χ3n) is 7.19. The van der Waals surface area contributed by atoms with Crippen molar-refractivity contribution < 1.29 is 14.4 Å². The molecule has 1 fully saturated rings. The van der Waals surface area contributed by atoms with Crippen LogP contribution < -0.4 is 10.6 Å². The maximum atomic E-state index is 13.0. The van der Waals surface area contributed by atoms with Crippen LogP contribution in [0, 0.1) is 0 Å². The molecule has 3 heterocycles. The van der Waals surface area contributed by atoms with Crippen LogP contribution in [0.3, 0.4) is 0 Å². The minimum absolute atomic E-state index is 0.175. The Labute approximate surface area is 207 Å². The lowest BCUT2D eigenvalue weighted by molar-refractivity contribution is -0.136. The molecule has 1 unspecified atom stereocenters. The van der Waals surface area contributed by atoms with Crippen LogP contribution in [0.15, 0.2) is 48.8 Å². The van der Waals surface area contributed by atoms with Crippen molar-refractivity contribution in [1.82, 2.24) is 20.0 Å². The summed E-state index contributed by atoms with van der Waals surface area (Å²) < 4.78 is 2.01. The minimum atomic E-state index is -0.622. The molecular weight excluding hydrogens is 466 g/mol. The largest absolute Gasteiger partial charge is 0.381 e. The van der Waals surface area contributed by atoms with Gasteiger partial charge in [-0.1, -0.05) is 23.7 Å². The molecule has 0 saturated carbocycles. The van der Waals surface area contributed by atoms with Crippen molar-refractivity contribution in [3.8, 4) is 0 Å². The third-order valence-corrected chi connectivity index (χ3v) is 7.43. The molecule has 2 aliphatic heterocycles. The Bertz CT molecular complexity index is 1370. The number of anilines is 1. The second kappa shape index (κ2) is 8.53. The highest BCUT2D eigenvalue weighted by Crippen LogP contribution is 2.36. The van der Waals surface area contributed by atoms with Crippen LogP contribution in [0.2, 0.25) is 5.02 Å². The molecule has 0 spiro atoms. The number of nitrogens with one attached hydrogen (secondary N) is 2. The number of aromatic nitrogens is 2. The van der Waals surface area contributed by atoms with E-state index < -0.39 is 11.9 Å². The molecule has 3 aliphatic rings. The number of halogens is 1. The summed E-state index contributed by atoms with van der Waals surface area (Å²) in [7, 11) is 0. The number of hydrogen-bond donors (Lipinski definition) is 2. The van der Waals surface area contributed by atoms with E-state index in [1.54, 1.807) is 11.0 Å². The van der Waals surface area contributed by atoms with E-state index in [9.17, 15) is 14.4 Å². The van der Waals surface area contributed by atoms with Gasteiger partial charge in [0.05, 0.1) is 12.2 Å². The van der Waals surface area contributed by atoms with Gasteiger partial charge in [-0.2, -0.15) is 5.10 Å². The number of imide groups is 1. The molecular formula is C26H24ClN5O3. The number of amides is 3. The van der Waals surface area contributed by atoms with E-state index in [-0.39, 0.29) is 24.3 Å². The predicted molar refractivity (Wildman–Crippen MR) is 130 cm³/mol. The van der Waals surface area contributed by atoms with Crippen molar-refractivity contribution >= 4 is 35.0 Å². The first kappa shape index (κ1) is 21.9. The summed E-state index contributed by atoms with van der Waals surface area (Å²) in [5, 5.41) is 11.2. The summed E-state index contributed by atoms with van der Waals surface area (Å²) in [4.78, 5) is 38.4. The number of benzene rings is 2. The molecule has 35 heavy (non-hydrogen) atoms. The lowest BCUT2D eigenvalue weighted by Crippen LogP contribution is -2.52. The Hall–Kier alpha value is -3.65. The van der Waals surface area contributed by atoms with Crippen molar-refractivity contribution in [2.24, 2.45) is 0 Å². The summed E-state index contributed by atoms with van der Waals surface area (Å²) in [5.41, 5.74) is 5.91. The lowest BCUT2D eigenvalue weighted by atomic mass is 10.0. The molecule has 6 rings (SSSR count). The molecule has 1 saturated heterocycles. The molecule has 2 aromatic carbocycles. The van der Waals surface area contributed by atoms with Crippen LogP contribution in [0.25, 0.3) is 0 Å². The standard InChI is InChI=1S/C26H24ClN5O3/c27-17-5-6-18-16(10-17)4-7-22(18)32-13-15(12-29-32)11-28-21-3-1-2-19-20(21)14-31(26(19)35)23-8-9-24(33)30-25(23)34/h1-3,5-6,10,12-13,22-23,28H,4,7-9,11,14H2,(H,30,33,34)/t22-,23?/m1/s1. The predicted octanol–water partition coefficient (Wildman–Crippen LogP) is 3.45. The number of rotatable bonds is 5. The van der Waals surface area contributed by atoms with Gasteiger partial charge in [-0.15, -0.1) is 0 Å². The Morgan fingerprint density at radius 1 is 1.09 bits per heavy atom. The van der Waals surface area contributed by atoms with Gasteiger partial charge in [0.15, 0.2) is 0 Å². The zero-order valence-electron chi connectivity index (χ0n) is 19.0. The van der Waals surface area contributed by atoms with Gasteiger partial charge in [0.1, 0.15) is 6.04 Å². The fourth-order valence-corrected chi connectivity index (χ4v) is 5.62. The first-order valence-electron chi connectivity index (χ1n) is 11.8. The molecule has 8 nitrogen and oxygen atoms in total. The minimum Gasteiger partial charge on any atom is -0.381 e. The summed E-state index contributed by atoms with van der Waals surface area (Å²) in [6, 6.07) is 11.2. The number of aryl methyl sites for hydroxylation is 1. The summed E-state index contributed by atoms with van der Waals surface area (Å²) >= 11 is 6.15. The highest BCUT2D eigenvalue weighted by Gasteiger charge is 2.39. The Balaban J connectivity index is 1.16. The van der Waals surface area contributed by atoms with Crippen molar-refractivity contribution in [2.75, 3.05) is 5.32 Å². The average molecular weight is 490 g/mol. The fraction of sp³-hybridized carbons (Fsp3) is 0.308. The van der Waals surface area contributed by atoms with Crippen molar-refractivity contribution in [2.45, 2.75) is 50.9 Å². The number of nitrogens with zero attached hydrogens (tertiary/aromatic N) is 3. The highest BCUT2D eigenvalue weighted by molar-refractivity contribution is 6.30. The maximum absolute atomic E-state index is 13.0. The number of carbonyl (C=O) groups is 3. The second-order valence-electron chi connectivity index (χ2n) is 9.31. The zero-order chi connectivity index (χ0) is 24.1. The van der Waals surface area contributed by atoms with Gasteiger partial charge in [0, 0.05) is 53.1 Å². The quantitative estimate of drug-likeness (QED) is 0.535. The molecule has 3 amide bonds. The molecule has 3 aromatic rings. The molecule has 1 aromatic heterocycles. The third kappa shape index (κ3) is 3.87. The molecule has 0 radical (unpaired) electrons. The van der Waals surface area contributed by atoms with E-state index in [0.717, 1.165) is 34.7 Å². The topological polar surface area (TPSA) is 96.3 Å². The van der Waals surface area contributed by atoms with Crippen LogP contribution in [-0.4, -0.2) is 38.4 Å². The van der Waals surface area contributed by atoms with E-state index in [4.69, 9.17) is 11.6 Å². The molecule has 0 bridgehead atoms. The molecule has 2 atom stereocenters. The summed E-state index contributed by atoms with van der Waals surface area (Å²) in [6.07, 6.45) is 6.50. The van der Waals surface area contributed by atoms with Crippen molar-refractivity contribution in [3.63, 3.8) is 0 Å². The SMILES string of the molecule is O=C1CCC(N2Cc3c(NCc4cnn([C@@H]5CCc6cc(Cl)ccc65)c4)cccc3C2=O)C(=O)N1. The van der Waals surface area contributed by atoms with Crippen LogP contribution in [0.1, 0.15) is 57.9 Å². The number of fused-ring (bicyclic) bond motifs is 2. The smallest absolute Gasteiger partial charge is 0.255 e. The van der Waals surface area contributed by atoms with Gasteiger partial charge >= 0.3 is 0 Å². The number of carbonyl (C=O) groups excluding carboxylic acids is 3. The van der Waals surface area contributed by atoms with Gasteiger partial charge in [-0.3, -0.25) is 24.4 Å². The van der Waals surface area contributed by atoms with Crippen molar-refractivity contribution in [1.29, 1.82) is 0 Å². The number of hydrogen-bond acceptors (Lipinski definition) is 5. The van der Waals surface area contributed by atoms with Crippen molar-refractivity contribution in [3.05, 3.63) is 81.6 Å². The maximum Gasteiger partial charge on any atom is 0.255 e. The Morgan fingerprint density at radius 3 is 2.80 bits per heavy atom. The van der Waals surface area contributed by atoms with Gasteiger partial charge < -0.3 is 10.2 Å². The molecule has 178 valence electrons. The monoisotopic (exact) mass is 489 g/mol. The van der Waals surface area contributed by atoms with Gasteiger partial charge in [0.2, 0.25) is 11.8 Å². The van der Waals surface area contributed by atoms with Crippen LogP contribution in [-0.2, 0) is 29.1 Å². The summed E-state index contributed by atoms with van der Waals surface area (Å²) in [5.74, 6) is -0.866. The Kier molecular flexibility index (Phi) is 5.33. The second-order valence-corrected chi connectivity index (χ2v) is 9.75. The van der Waals surface area contributed by atoms with Gasteiger partial charge in [-0.25, -0.2) is 0 Å². The first-order valence-corrected chi connectivity index (χ1v) is 12.2. The zero-order valence-corrected chi connectivity index (χ0v) is 19.7. The summed E-state index contributed by atoms with van der Waals surface area (Å²) in [6.45, 7) is 0.896. The van der Waals surface area contributed by atoms with Crippen LogP contribution in [0.5, 0.6) is 0 Å². The van der Waals surface area contributed by atoms with E-state index in [1.807, 2.05) is 35.1 Å². The average Bonchev–Trinajstić information content (AvgIpc) is 3.55. The Morgan fingerprint density at radius 2 is 1.94 bits per heavy atom. The highest BCUT2D eigenvalue weighted by atomic mass is 35.5. The molecule has 9 heteroatoms. The molecule has 1 aliphatic carbocycles. The van der Waals surface area contributed by atoms with E-state index in [1.165, 1.54) is 11.1 Å². The normalized spacial score (nSPS) is 21.2. The fourth-order valence-electron chi connectivity index (χ4n) is 5.43. The molecule has 2 N–H and O–H groups in total. The number of piperidine rings is 1. The lowest BCUT2D eigenvalue weighted by Gasteiger charge is -2.29.